The molecule has 4 rings (SSSR count). The molecule has 4 heteroatoms. The van der Waals surface area contributed by atoms with Gasteiger partial charge in [-0.15, -0.1) is 0 Å². The van der Waals surface area contributed by atoms with E-state index in [4.69, 9.17) is 0 Å². The van der Waals surface area contributed by atoms with Crippen LogP contribution >= 0.6 is 0 Å². The van der Waals surface area contributed by atoms with E-state index >= 15 is 4.39 Å². The number of rotatable bonds is 1. The Morgan fingerprint density at radius 2 is 1.96 bits per heavy atom. The molecule has 0 aromatic rings. The fourth-order valence-corrected chi connectivity index (χ4v) is 7.63. The Labute approximate surface area is 155 Å². The standard InChI is InChI=1S/C22H31FO3/c1-12-9-18-16-6-5-15(13(2)24)20(16,3)11-19(26)22(18,23)21(4)8-7-14(25)10-17(12)21/h10,12,15-16,18-19,26H,5-9,11H2,1-4H3/t12?,15-,16+,18+,19?,20-,21+,22+/m1/s1. The van der Waals surface area contributed by atoms with Crippen molar-refractivity contribution in [1.82, 2.24) is 0 Å². The summed E-state index contributed by atoms with van der Waals surface area (Å²) in [7, 11) is 0. The fraction of sp³-hybridized carbons (Fsp3) is 0.818. The largest absolute Gasteiger partial charge is 0.390 e. The average Bonchev–Trinajstić information content (AvgIpc) is 2.89. The molecule has 3 nitrogen and oxygen atoms in total. The van der Waals surface area contributed by atoms with Gasteiger partial charge in [0.15, 0.2) is 5.78 Å². The summed E-state index contributed by atoms with van der Waals surface area (Å²) in [6.45, 7) is 7.76. The normalized spacial score (nSPS) is 53.4. The van der Waals surface area contributed by atoms with Crippen LogP contribution in [0.3, 0.4) is 0 Å². The van der Waals surface area contributed by atoms with E-state index in [0.717, 1.165) is 18.4 Å². The number of hydrogen-bond acceptors (Lipinski definition) is 3. The molecule has 2 unspecified atom stereocenters. The molecule has 26 heavy (non-hydrogen) atoms. The van der Waals surface area contributed by atoms with Gasteiger partial charge in [0.1, 0.15) is 11.5 Å². The van der Waals surface area contributed by atoms with Crippen molar-refractivity contribution < 1.29 is 19.1 Å². The maximum Gasteiger partial charge on any atom is 0.155 e. The predicted octanol–water partition coefficient (Wildman–Crippen LogP) is 4.03. The van der Waals surface area contributed by atoms with Crippen LogP contribution in [0.25, 0.3) is 0 Å². The van der Waals surface area contributed by atoms with Crippen LogP contribution in [0.2, 0.25) is 0 Å². The van der Waals surface area contributed by atoms with Gasteiger partial charge in [-0.05, 0) is 62.4 Å². The quantitative estimate of drug-likeness (QED) is 0.766. The number of halogens is 1. The minimum absolute atomic E-state index is 0.0697. The number of aliphatic hydroxyl groups is 1. The van der Waals surface area contributed by atoms with Crippen LogP contribution in [-0.4, -0.2) is 28.4 Å². The Morgan fingerprint density at radius 3 is 2.62 bits per heavy atom. The molecule has 1 N–H and O–H groups in total. The van der Waals surface area contributed by atoms with Crippen LogP contribution in [-0.2, 0) is 9.59 Å². The molecule has 0 aromatic heterocycles. The molecule has 4 aliphatic carbocycles. The van der Waals surface area contributed by atoms with Gasteiger partial charge in [0.2, 0.25) is 0 Å². The third kappa shape index (κ3) is 2.03. The molecule has 8 atom stereocenters. The molecule has 4 aliphatic rings. The molecule has 0 aromatic carbocycles. The first-order valence-corrected chi connectivity index (χ1v) is 10.2. The van der Waals surface area contributed by atoms with Gasteiger partial charge in [0.25, 0.3) is 0 Å². The second-order valence-electron chi connectivity index (χ2n) is 9.98. The van der Waals surface area contributed by atoms with Crippen molar-refractivity contribution in [3.63, 3.8) is 0 Å². The molecule has 3 fully saturated rings. The van der Waals surface area contributed by atoms with Crippen molar-refractivity contribution in [1.29, 1.82) is 0 Å². The van der Waals surface area contributed by atoms with Crippen LogP contribution in [0, 0.1) is 34.5 Å². The summed E-state index contributed by atoms with van der Waals surface area (Å²) in [6, 6.07) is 0. The van der Waals surface area contributed by atoms with Gasteiger partial charge < -0.3 is 5.11 Å². The number of hydrogen-bond donors (Lipinski definition) is 1. The number of aliphatic hydroxyl groups excluding tert-OH is 1. The number of ketones is 2. The topological polar surface area (TPSA) is 54.4 Å². The maximum absolute atomic E-state index is 16.9. The van der Waals surface area contributed by atoms with E-state index in [2.05, 4.69) is 13.8 Å². The Bertz CT molecular complexity index is 700. The van der Waals surface area contributed by atoms with Crippen molar-refractivity contribution in [3.05, 3.63) is 11.6 Å². The highest BCUT2D eigenvalue weighted by Gasteiger charge is 2.71. The minimum atomic E-state index is -1.71. The minimum Gasteiger partial charge on any atom is -0.390 e. The second kappa shape index (κ2) is 5.50. The zero-order valence-electron chi connectivity index (χ0n) is 16.3. The van der Waals surface area contributed by atoms with Crippen molar-refractivity contribution in [2.45, 2.75) is 78.0 Å². The first kappa shape index (κ1) is 18.3. The summed E-state index contributed by atoms with van der Waals surface area (Å²) in [5.41, 5.74) is -1.90. The number of fused-ring (bicyclic) bond motifs is 5. The van der Waals surface area contributed by atoms with Crippen molar-refractivity contribution in [2.24, 2.45) is 34.5 Å². The highest BCUT2D eigenvalue weighted by Crippen LogP contribution is 2.70. The molecule has 3 saturated carbocycles. The summed E-state index contributed by atoms with van der Waals surface area (Å²) in [6.07, 6.45) is 4.10. The van der Waals surface area contributed by atoms with E-state index in [1.54, 1.807) is 13.0 Å². The molecule has 0 spiro atoms. The van der Waals surface area contributed by atoms with Crippen LogP contribution < -0.4 is 0 Å². The fourth-order valence-electron chi connectivity index (χ4n) is 7.63. The van der Waals surface area contributed by atoms with E-state index in [0.29, 0.717) is 25.7 Å². The van der Waals surface area contributed by atoms with Crippen LogP contribution in [0.4, 0.5) is 4.39 Å². The Balaban J connectivity index is 1.83. The summed E-state index contributed by atoms with van der Waals surface area (Å²) in [4.78, 5) is 24.2. The van der Waals surface area contributed by atoms with Gasteiger partial charge in [-0.1, -0.05) is 26.3 Å². The van der Waals surface area contributed by atoms with E-state index in [-0.39, 0.29) is 40.7 Å². The van der Waals surface area contributed by atoms with Crippen LogP contribution in [0.15, 0.2) is 11.6 Å². The monoisotopic (exact) mass is 362 g/mol. The highest BCUT2D eigenvalue weighted by molar-refractivity contribution is 5.92. The van der Waals surface area contributed by atoms with Gasteiger partial charge in [0.05, 0.1) is 6.10 Å². The first-order chi connectivity index (χ1) is 12.1. The van der Waals surface area contributed by atoms with Gasteiger partial charge >= 0.3 is 0 Å². The summed E-state index contributed by atoms with van der Waals surface area (Å²) < 4.78 is 16.9. The molecule has 0 aliphatic heterocycles. The molecular formula is C22H31FO3. The zero-order valence-corrected chi connectivity index (χ0v) is 16.3. The number of carbonyl (C=O) groups excluding carboxylic acids is 2. The summed E-state index contributed by atoms with van der Waals surface area (Å²) >= 11 is 0. The molecule has 0 radical (unpaired) electrons. The van der Waals surface area contributed by atoms with Crippen molar-refractivity contribution in [2.75, 3.05) is 0 Å². The maximum atomic E-state index is 16.9. The van der Waals surface area contributed by atoms with Gasteiger partial charge in [-0.3, -0.25) is 9.59 Å². The van der Waals surface area contributed by atoms with Crippen molar-refractivity contribution >= 4 is 11.6 Å². The second-order valence-corrected chi connectivity index (χ2v) is 9.98. The molecule has 144 valence electrons. The summed E-state index contributed by atoms with van der Waals surface area (Å²) in [5, 5.41) is 11.1. The first-order valence-electron chi connectivity index (χ1n) is 10.2. The van der Waals surface area contributed by atoms with Gasteiger partial charge in [-0.2, -0.15) is 0 Å². The van der Waals surface area contributed by atoms with E-state index in [9.17, 15) is 14.7 Å². The SMILES string of the molecule is CC(=O)[C@H]1CC[C@H]2[C@@H]3CC(C)C4=CC(=O)CC[C@]4(C)[C@@]3(F)C(O)C[C@]12C. The van der Waals surface area contributed by atoms with E-state index in [1.807, 2.05) is 6.92 Å². The summed E-state index contributed by atoms with van der Waals surface area (Å²) in [5.74, 6) is 0.212. The smallest absolute Gasteiger partial charge is 0.155 e. The average molecular weight is 362 g/mol. The Hall–Kier alpha value is -1.03. The lowest BCUT2D eigenvalue weighted by atomic mass is 9.43. The number of carbonyl (C=O) groups is 2. The zero-order chi connectivity index (χ0) is 19.1. The molecule has 0 heterocycles. The van der Waals surface area contributed by atoms with Crippen LogP contribution in [0.1, 0.15) is 66.2 Å². The molecular weight excluding hydrogens is 331 g/mol. The highest BCUT2D eigenvalue weighted by atomic mass is 19.1. The Kier molecular flexibility index (Phi) is 3.88. The molecule has 0 bridgehead atoms. The number of allylic oxidation sites excluding steroid dienone is 1. The lowest BCUT2D eigenvalue weighted by Gasteiger charge is -2.64. The van der Waals surface area contributed by atoms with Gasteiger partial charge in [-0.25, -0.2) is 4.39 Å². The lowest BCUT2D eigenvalue weighted by molar-refractivity contribution is -0.213. The lowest BCUT2D eigenvalue weighted by Crippen LogP contribution is -2.68. The van der Waals surface area contributed by atoms with Crippen LogP contribution in [0.5, 0.6) is 0 Å². The van der Waals surface area contributed by atoms with Crippen molar-refractivity contribution in [3.8, 4) is 0 Å². The molecule has 0 saturated heterocycles. The molecule has 0 amide bonds. The number of Topliss-reactive ketones (excluding diaryl/α,β-unsaturated/α-hetero) is 1. The van der Waals surface area contributed by atoms with E-state index < -0.39 is 17.2 Å². The third-order valence-electron chi connectivity index (χ3n) is 8.85. The van der Waals surface area contributed by atoms with Gasteiger partial charge in [0, 0.05) is 23.7 Å². The number of alkyl halides is 1. The van der Waals surface area contributed by atoms with E-state index in [1.165, 1.54) is 0 Å². The Morgan fingerprint density at radius 1 is 1.27 bits per heavy atom. The predicted molar refractivity (Wildman–Crippen MR) is 97.2 cm³/mol. The third-order valence-corrected chi connectivity index (χ3v) is 8.85.